The predicted octanol–water partition coefficient (Wildman–Crippen LogP) is 0.246. The van der Waals surface area contributed by atoms with Gasteiger partial charge in [0.05, 0.1) is 0 Å². The molecule has 0 bridgehead atoms. The quantitative estimate of drug-likeness (QED) is 0.202. The van der Waals surface area contributed by atoms with Gasteiger partial charge in [-0.2, -0.15) is 0 Å². The van der Waals surface area contributed by atoms with E-state index in [1.54, 1.807) is 0 Å². The van der Waals surface area contributed by atoms with E-state index in [1.165, 1.54) is 0 Å². The molecule has 0 aromatic carbocycles. The van der Waals surface area contributed by atoms with Gasteiger partial charge in [-0.1, -0.05) is 24.5 Å². The van der Waals surface area contributed by atoms with Crippen molar-refractivity contribution in [3.8, 4) is 0 Å². The fraction of sp³-hybridized carbons (Fsp3) is 0. The molecule has 4 nitrogen and oxygen atoms in total. The van der Waals surface area contributed by atoms with E-state index < -0.39 is 11.4 Å². The first kappa shape index (κ1) is 24.4. The van der Waals surface area contributed by atoms with Crippen molar-refractivity contribution in [3.05, 3.63) is 0 Å². The first-order valence-electron chi connectivity index (χ1n) is 1.57. The molecule has 0 spiro atoms. The third-order valence-corrected chi connectivity index (χ3v) is 0. The fourth-order valence-corrected chi connectivity index (χ4v) is 0. The molecule has 0 saturated carbocycles. The van der Waals surface area contributed by atoms with Gasteiger partial charge in [0.15, 0.2) is 0 Å². The maximum Gasteiger partial charge on any atom is 0.239 e. The smallest absolute Gasteiger partial charge is 0.239 e. The Morgan fingerprint density at radius 2 is 0.750 bits per heavy atom. The molecule has 0 aliphatic heterocycles. The minimum absolute atomic E-state index is 0. The first-order valence-corrected chi connectivity index (χ1v) is 9.29. The third-order valence-electron chi connectivity index (χ3n) is 0. The van der Waals surface area contributed by atoms with Gasteiger partial charge >= 0.3 is 0 Å². The summed E-state index contributed by atoms with van der Waals surface area (Å²) in [6.45, 7) is 0. The minimum atomic E-state index is -3.11. The van der Waals surface area contributed by atoms with Gasteiger partial charge in [-0.05, 0) is 23.6 Å². The molecular formula is H6O4P2S4Zn2. The number of hydrogen-bond donors (Lipinski definition) is 6. The number of hydrogen-bond acceptors (Lipinski definition) is 2. The molecular weight excluding hydrogens is 385 g/mol. The zero-order valence-corrected chi connectivity index (χ0v) is 17.0. The van der Waals surface area contributed by atoms with Gasteiger partial charge in [0.25, 0.3) is 0 Å². The van der Waals surface area contributed by atoms with E-state index in [1.807, 2.05) is 0 Å². The molecule has 0 amide bonds. The van der Waals surface area contributed by atoms with Crippen molar-refractivity contribution in [1.29, 1.82) is 0 Å². The molecule has 0 radical (unpaired) electrons. The van der Waals surface area contributed by atoms with Gasteiger partial charge in [-0.3, -0.25) is 0 Å². The van der Waals surface area contributed by atoms with Gasteiger partial charge in [-0.15, -0.1) is 0 Å². The third kappa shape index (κ3) is 201. The van der Waals surface area contributed by atoms with Crippen molar-refractivity contribution in [2.24, 2.45) is 0 Å². The molecule has 0 saturated heterocycles. The molecule has 0 unspecified atom stereocenters. The second-order valence-electron chi connectivity index (χ2n) is 1.03. The SMILES string of the molecule is OP(O)(=S)S.OP(O)(=S)S.[Zn].[Zn]. The molecule has 0 fully saturated rings. The zero-order valence-electron chi connectivity index (χ0n) is 5.81. The van der Waals surface area contributed by atoms with Crippen molar-refractivity contribution in [1.82, 2.24) is 0 Å². The van der Waals surface area contributed by atoms with E-state index >= 15 is 0 Å². The van der Waals surface area contributed by atoms with Crippen molar-refractivity contribution >= 4 is 59.5 Å². The van der Waals surface area contributed by atoms with Gasteiger partial charge in [0.1, 0.15) is 0 Å². The largest absolute Gasteiger partial charge is 0.338 e. The maximum atomic E-state index is 7.87. The van der Waals surface area contributed by atoms with Crippen LogP contribution in [0.3, 0.4) is 0 Å². The van der Waals surface area contributed by atoms with Crippen molar-refractivity contribution in [2.75, 3.05) is 0 Å². The van der Waals surface area contributed by atoms with Gasteiger partial charge in [0, 0.05) is 39.0 Å². The van der Waals surface area contributed by atoms with E-state index in [0.717, 1.165) is 0 Å². The van der Waals surface area contributed by atoms with Crippen LogP contribution in [0.5, 0.6) is 0 Å². The first-order chi connectivity index (χ1) is 4.00. The molecule has 12 heavy (non-hydrogen) atoms. The van der Waals surface area contributed by atoms with E-state index in [-0.39, 0.29) is 39.0 Å². The molecule has 0 aromatic rings. The molecule has 0 aromatic heterocycles. The molecule has 0 aliphatic rings. The van der Waals surface area contributed by atoms with E-state index in [2.05, 4.69) is 48.1 Å². The molecule has 12 heteroatoms. The van der Waals surface area contributed by atoms with Crippen LogP contribution >= 0.6 is 35.9 Å². The Balaban J connectivity index is -0.0000000457. The Bertz CT molecular complexity index is 135. The van der Waals surface area contributed by atoms with Crippen LogP contribution in [0.25, 0.3) is 0 Å². The van der Waals surface area contributed by atoms with Crippen LogP contribution in [0.4, 0.5) is 0 Å². The Hall–Kier alpha value is 3.09. The van der Waals surface area contributed by atoms with Crippen LogP contribution in [0.2, 0.25) is 0 Å². The van der Waals surface area contributed by atoms with Crippen LogP contribution < -0.4 is 0 Å². The standard InChI is InChI=1S/2H3O2PS2.2Zn/c2*1-3(2,4)5;;/h2*(H3,1,2,4,5);;. The molecule has 0 aliphatic carbocycles. The number of thiol groups is 2. The second kappa shape index (κ2) is 10.6. The molecule has 68 valence electrons. The van der Waals surface area contributed by atoms with E-state index in [0.29, 0.717) is 0 Å². The van der Waals surface area contributed by atoms with Crippen LogP contribution in [0.1, 0.15) is 0 Å². The summed E-state index contributed by atoms with van der Waals surface area (Å²) in [7, 11) is 0. The topological polar surface area (TPSA) is 80.9 Å². The van der Waals surface area contributed by atoms with Gasteiger partial charge in [-0.25, -0.2) is 0 Å². The van der Waals surface area contributed by atoms with Gasteiger partial charge < -0.3 is 19.6 Å². The van der Waals surface area contributed by atoms with Crippen molar-refractivity contribution in [3.63, 3.8) is 0 Å². The Morgan fingerprint density at radius 1 is 0.750 bits per heavy atom. The minimum Gasteiger partial charge on any atom is -0.338 e. The monoisotopic (exact) mass is 388 g/mol. The van der Waals surface area contributed by atoms with Crippen molar-refractivity contribution in [2.45, 2.75) is 0 Å². The summed E-state index contributed by atoms with van der Waals surface area (Å²) in [5.74, 6) is 0. The van der Waals surface area contributed by atoms with E-state index in [4.69, 9.17) is 19.6 Å². The Morgan fingerprint density at radius 3 is 0.750 bits per heavy atom. The average molecular weight is 391 g/mol. The summed E-state index contributed by atoms with van der Waals surface area (Å²) in [5, 5.41) is 0. The summed E-state index contributed by atoms with van der Waals surface area (Å²) in [4.78, 5) is 31.5. The average Bonchev–Trinajstić information content (AvgIpc) is 1.12. The fourth-order valence-electron chi connectivity index (χ4n) is 0. The normalized spacial score (nSPS) is 9.83. The summed E-state index contributed by atoms with van der Waals surface area (Å²) >= 11 is 14.1. The van der Waals surface area contributed by atoms with Crippen molar-refractivity contribution < 1.29 is 58.5 Å². The summed E-state index contributed by atoms with van der Waals surface area (Å²) in [6.07, 6.45) is 0. The number of rotatable bonds is 0. The molecule has 4 N–H and O–H groups in total. The summed E-state index contributed by atoms with van der Waals surface area (Å²) < 4.78 is 0. The van der Waals surface area contributed by atoms with E-state index in [9.17, 15) is 0 Å². The van der Waals surface area contributed by atoms with Crippen LogP contribution in [0.15, 0.2) is 0 Å². The molecule has 0 heterocycles. The maximum absolute atomic E-state index is 7.87. The molecule has 0 rings (SSSR count). The predicted molar refractivity (Wildman–Crippen MR) is 55.4 cm³/mol. The Kier molecular flexibility index (Phi) is 21.5. The summed E-state index contributed by atoms with van der Waals surface area (Å²) in [6, 6.07) is 0. The molecule has 0 atom stereocenters. The van der Waals surface area contributed by atoms with Crippen LogP contribution in [-0.2, 0) is 62.6 Å². The Labute approximate surface area is 117 Å². The van der Waals surface area contributed by atoms with Crippen LogP contribution in [0, 0.1) is 0 Å². The van der Waals surface area contributed by atoms with Gasteiger partial charge in [0.2, 0.25) is 11.4 Å². The summed E-state index contributed by atoms with van der Waals surface area (Å²) in [5.41, 5.74) is -6.22. The second-order valence-corrected chi connectivity index (χ2v) is 11.1. The van der Waals surface area contributed by atoms with Crippen LogP contribution in [-0.4, -0.2) is 19.6 Å². The zero-order chi connectivity index (χ0) is 9.00.